The second-order valence-electron chi connectivity index (χ2n) is 8.14. The number of aliphatic hydroxyl groups excluding tert-OH is 4. The zero-order valence-electron chi connectivity index (χ0n) is 16.7. The van der Waals surface area contributed by atoms with Gasteiger partial charge in [-0.25, -0.2) is 0 Å². The van der Waals surface area contributed by atoms with Crippen LogP contribution in [0.4, 0.5) is 0 Å². The fraction of sp³-hybridized carbons (Fsp3) is 0.478. The summed E-state index contributed by atoms with van der Waals surface area (Å²) < 4.78 is 11.3. The van der Waals surface area contributed by atoms with Gasteiger partial charge in [-0.2, -0.15) is 0 Å². The number of halogens is 1. The summed E-state index contributed by atoms with van der Waals surface area (Å²) in [4.78, 5) is 0. The molecule has 162 valence electrons. The summed E-state index contributed by atoms with van der Waals surface area (Å²) in [6.45, 7) is -0.538. The number of ether oxygens (including phenoxy) is 2. The van der Waals surface area contributed by atoms with Crippen LogP contribution in [0.15, 0.2) is 42.5 Å². The minimum atomic E-state index is -1.75. The predicted molar refractivity (Wildman–Crippen MR) is 111 cm³/mol. The Morgan fingerprint density at radius 2 is 1.77 bits per heavy atom. The minimum absolute atomic E-state index is 0.441. The molecule has 2 aliphatic rings. The topological polar surface area (TPSA) is 99.4 Å². The monoisotopic (exact) mass is 434 g/mol. The Kier molecular flexibility index (Phi) is 6.19. The molecule has 1 aliphatic heterocycles. The van der Waals surface area contributed by atoms with Crippen LogP contribution in [-0.2, 0) is 21.7 Å². The summed E-state index contributed by atoms with van der Waals surface area (Å²) in [7, 11) is 1.34. The largest absolute Gasteiger partial charge is 0.394 e. The molecule has 6 nitrogen and oxygen atoms in total. The lowest BCUT2D eigenvalue weighted by atomic mass is 9.87. The van der Waals surface area contributed by atoms with E-state index in [9.17, 15) is 20.4 Å². The summed E-state index contributed by atoms with van der Waals surface area (Å²) in [5.74, 6) is -1.06. The zero-order chi connectivity index (χ0) is 21.5. The third kappa shape index (κ3) is 3.89. The van der Waals surface area contributed by atoms with E-state index < -0.39 is 36.8 Å². The molecule has 1 heterocycles. The maximum atomic E-state index is 10.7. The van der Waals surface area contributed by atoms with E-state index in [1.807, 2.05) is 0 Å². The lowest BCUT2D eigenvalue weighted by Crippen LogP contribution is -2.64. The number of rotatable bonds is 6. The van der Waals surface area contributed by atoms with Gasteiger partial charge in [0.05, 0.1) is 6.61 Å². The van der Waals surface area contributed by atoms with Gasteiger partial charge in [0.25, 0.3) is 0 Å². The summed E-state index contributed by atoms with van der Waals surface area (Å²) >= 11 is 6.44. The van der Waals surface area contributed by atoms with E-state index in [2.05, 4.69) is 24.3 Å². The summed E-state index contributed by atoms with van der Waals surface area (Å²) in [6.07, 6.45) is -2.59. The Morgan fingerprint density at radius 1 is 1.07 bits per heavy atom. The third-order valence-electron chi connectivity index (χ3n) is 6.12. The molecule has 1 aliphatic carbocycles. The van der Waals surface area contributed by atoms with Crippen LogP contribution in [0, 0.1) is 0 Å². The van der Waals surface area contributed by atoms with Crippen LogP contribution in [-0.4, -0.2) is 58.6 Å². The number of benzene rings is 2. The average Bonchev–Trinajstić information content (AvgIpc) is 3.60. The highest BCUT2D eigenvalue weighted by molar-refractivity contribution is 6.31. The molecule has 1 saturated carbocycles. The van der Waals surface area contributed by atoms with E-state index in [0.29, 0.717) is 22.9 Å². The third-order valence-corrected chi connectivity index (χ3v) is 6.49. The van der Waals surface area contributed by atoms with E-state index in [-0.39, 0.29) is 0 Å². The van der Waals surface area contributed by atoms with Crippen molar-refractivity contribution < 1.29 is 29.9 Å². The van der Waals surface area contributed by atoms with Crippen molar-refractivity contribution in [2.75, 3.05) is 13.7 Å². The minimum Gasteiger partial charge on any atom is -0.394 e. The van der Waals surface area contributed by atoms with Crippen molar-refractivity contribution >= 4 is 11.6 Å². The van der Waals surface area contributed by atoms with Crippen molar-refractivity contribution in [3.63, 3.8) is 0 Å². The van der Waals surface area contributed by atoms with Gasteiger partial charge >= 0.3 is 0 Å². The highest BCUT2D eigenvalue weighted by Gasteiger charge is 2.55. The molecular formula is C23H27ClO6. The van der Waals surface area contributed by atoms with Crippen molar-refractivity contribution in [3.8, 4) is 0 Å². The van der Waals surface area contributed by atoms with Gasteiger partial charge in [0.1, 0.15) is 24.4 Å². The quantitative estimate of drug-likeness (QED) is 0.555. The van der Waals surface area contributed by atoms with Gasteiger partial charge in [-0.1, -0.05) is 41.9 Å². The van der Waals surface area contributed by atoms with Crippen LogP contribution in [0.5, 0.6) is 0 Å². The Balaban J connectivity index is 1.65. The van der Waals surface area contributed by atoms with Gasteiger partial charge in [-0.05, 0) is 54.0 Å². The fourth-order valence-electron chi connectivity index (χ4n) is 4.14. The average molecular weight is 435 g/mol. The van der Waals surface area contributed by atoms with E-state index in [1.54, 1.807) is 18.2 Å². The molecule has 2 aromatic carbocycles. The standard InChI is InChI=1S/C23H27ClO6/c1-29-23(22(28)21(27)20(26)19(12-25)30-23)17-8-9-18(24)16(11-17)10-13-2-4-14(5-3-13)15-6-7-15/h2-5,8-9,11,15,19-22,25-28H,6-7,10,12H2,1H3/t19-,20-,21?,22?,23+/m1/s1. The molecule has 4 rings (SSSR count). The zero-order valence-corrected chi connectivity index (χ0v) is 17.5. The maximum Gasteiger partial charge on any atom is 0.224 e. The Hall–Kier alpha value is -1.51. The fourth-order valence-corrected chi connectivity index (χ4v) is 4.32. The SMILES string of the molecule is CO[C@@]1(c2ccc(Cl)c(Cc3ccc(C4CC4)cc3)c2)O[C@H](CO)[C@@H](O)C(O)C1O. The van der Waals surface area contributed by atoms with Crippen LogP contribution in [0.1, 0.15) is 41.0 Å². The van der Waals surface area contributed by atoms with Crippen molar-refractivity contribution in [1.82, 2.24) is 0 Å². The van der Waals surface area contributed by atoms with Crippen molar-refractivity contribution in [2.24, 2.45) is 0 Å². The first-order valence-electron chi connectivity index (χ1n) is 10.2. The molecule has 1 saturated heterocycles. The molecule has 2 aromatic rings. The second kappa shape index (κ2) is 8.55. The maximum absolute atomic E-state index is 10.7. The van der Waals surface area contributed by atoms with Gasteiger partial charge in [-0.3, -0.25) is 0 Å². The Morgan fingerprint density at radius 3 is 2.37 bits per heavy atom. The molecule has 0 bridgehead atoms. The van der Waals surface area contributed by atoms with Crippen LogP contribution >= 0.6 is 11.6 Å². The van der Waals surface area contributed by atoms with Gasteiger partial charge in [0.2, 0.25) is 5.79 Å². The Bertz CT molecular complexity index is 882. The highest BCUT2D eigenvalue weighted by atomic mass is 35.5. The van der Waals surface area contributed by atoms with E-state index in [1.165, 1.54) is 25.5 Å². The van der Waals surface area contributed by atoms with E-state index in [0.717, 1.165) is 11.1 Å². The molecule has 0 radical (unpaired) electrons. The summed E-state index contributed by atoms with van der Waals surface area (Å²) in [5, 5.41) is 41.2. The number of aliphatic hydroxyl groups is 4. The number of methoxy groups -OCH3 is 1. The molecule has 4 N–H and O–H groups in total. The molecular weight excluding hydrogens is 408 g/mol. The first kappa shape index (κ1) is 21.7. The van der Waals surface area contributed by atoms with E-state index in [4.69, 9.17) is 21.1 Å². The Labute approximate surface area is 180 Å². The molecule has 5 atom stereocenters. The number of hydrogen-bond acceptors (Lipinski definition) is 6. The molecule has 2 fully saturated rings. The van der Waals surface area contributed by atoms with Gasteiger partial charge in [-0.15, -0.1) is 0 Å². The highest BCUT2D eigenvalue weighted by Crippen LogP contribution is 2.41. The predicted octanol–water partition coefficient (Wildman–Crippen LogP) is 2.08. The molecule has 2 unspecified atom stereocenters. The molecule has 30 heavy (non-hydrogen) atoms. The first-order chi connectivity index (χ1) is 14.4. The number of hydrogen-bond donors (Lipinski definition) is 4. The molecule has 0 aromatic heterocycles. The van der Waals surface area contributed by atoms with Crippen molar-refractivity contribution in [2.45, 2.75) is 55.4 Å². The van der Waals surface area contributed by atoms with Gasteiger partial charge in [0, 0.05) is 17.7 Å². The van der Waals surface area contributed by atoms with Crippen molar-refractivity contribution in [1.29, 1.82) is 0 Å². The lowest BCUT2D eigenvalue weighted by molar-refractivity contribution is -0.366. The van der Waals surface area contributed by atoms with Crippen LogP contribution in [0.3, 0.4) is 0 Å². The van der Waals surface area contributed by atoms with Gasteiger partial charge < -0.3 is 29.9 Å². The van der Waals surface area contributed by atoms with Crippen LogP contribution in [0.25, 0.3) is 0 Å². The summed E-state index contributed by atoms with van der Waals surface area (Å²) in [5.41, 5.74) is 3.70. The molecule has 7 heteroatoms. The normalized spacial score (nSPS) is 31.7. The lowest BCUT2D eigenvalue weighted by Gasteiger charge is -2.47. The van der Waals surface area contributed by atoms with Crippen molar-refractivity contribution in [3.05, 3.63) is 69.7 Å². The van der Waals surface area contributed by atoms with E-state index >= 15 is 0 Å². The van der Waals surface area contributed by atoms with Crippen LogP contribution in [0.2, 0.25) is 5.02 Å². The molecule has 0 spiro atoms. The molecule has 0 amide bonds. The van der Waals surface area contributed by atoms with Crippen LogP contribution < -0.4 is 0 Å². The first-order valence-corrected chi connectivity index (χ1v) is 10.5. The van der Waals surface area contributed by atoms with Gasteiger partial charge in [0.15, 0.2) is 0 Å². The second-order valence-corrected chi connectivity index (χ2v) is 8.54. The smallest absolute Gasteiger partial charge is 0.224 e. The summed E-state index contributed by atoms with van der Waals surface area (Å²) in [6, 6.07) is 13.6.